The Kier molecular flexibility index (Phi) is 3.92. The molecule has 1 aromatic rings. The average molecular weight is 333 g/mol. The van der Waals surface area contributed by atoms with E-state index in [1.165, 1.54) is 0 Å². The molecular formula is C12H11BrClNO3. The first-order chi connectivity index (χ1) is 8.47. The van der Waals surface area contributed by atoms with Crippen LogP contribution in [0.5, 0.6) is 0 Å². The van der Waals surface area contributed by atoms with Crippen LogP contribution in [0.1, 0.15) is 16.8 Å². The maximum Gasteiger partial charge on any atom is 0.303 e. The van der Waals surface area contributed by atoms with E-state index in [9.17, 15) is 9.59 Å². The standard InChI is InChI=1S/C12H11BrClNO3/c13-8-1-2-9(10(14)4-8)12(18)15-5-7(6-15)3-11(16)17/h1-2,4,7H,3,5-6H2,(H,16,17). The van der Waals surface area contributed by atoms with Crippen molar-refractivity contribution in [2.45, 2.75) is 6.42 Å². The van der Waals surface area contributed by atoms with E-state index in [4.69, 9.17) is 16.7 Å². The molecule has 1 saturated heterocycles. The third kappa shape index (κ3) is 2.84. The van der Waals surface area contributed by atoms with Gasteiger partial charge in [-0.25, -0.2) is 0 Å². The minimum atomic E-state index is -0.825. The smallest absolute Gasteiger partial charge is 0.303 e. The van der Waals surface area contributed by atoms with Gasteiger partial charge in [0.15, 0.2) is 0 Å². The summed E-state index contributed by atoms with van der Waals surface area (Å²) < 4.78 is 0.816. The Morgan fingerprint density at radius 1 is 1.44 bits per heavy atom. The van der Waals surface area contributed by atoms with E-state index >= 15 is 0 Å². The number of likely N-dealkylation sites (tertiary alicyclic amines) is 1. The number of amides is 1. The number of hydrogen-bond donors (Lipinski definition) is 1. The van der Waals surface area contributed by atoms with Crippen LogP contribution in [0.3, 0.4) is 0 Å². The number of aliphatic carboxylic acids is 1. The molecule has 1 N–H and O–H groups in total. The number of carboxylic acids is 1. The van der Waals surface area contributed by atoms with Gasteiger partial charge in [-0.15, -0.1) is 0 Å². The highest BCUT2D eigenvalue weighted by Gasteiger charge is 2.33. The topological polar surface area (TPSA) is 57.6 Å². The predicted molar refractivity (Wildman–Crippen MR) is 70.8 cm³/mol. The Bertz CT molecular complexity index is 500. The average Bonchev–Trinajstić information content (AvgIpc) is 2.21. The first-order valence-corrected chi connectivity index (χ1v) is 6.60. The molecule has 0 bridgehead atoms. The third-order valence-electron chi connectivity index (χ3n) is 2.87. The van der Waals surface area contributed by atoms with Crippen molar-refractivity contribution in [1.29, 1.82) is 0 Å². The van der Waals surface area contributed by atoms with Gasteiger partial charge < -0.3 is 10.0 Å². The second kappa shape index (κ2) is 5.28. The van der Waals surface area contributed by atoms with Gasteiger partial charge in [0.2, 0.25) is 0 Å². The Morgan fingerprint density at radius 2 is 2.11 bits per heavy atom. The van der Waals surface area contributed by atoms with Gasteiger partial charge in [0.05, 0.1) is 17.0 Å². The molecule has 0 spiro atoms. The van der Waals surface area contributed by atoms with E-state index in [0.29, 0.717) is 23.7 Å². The molecule has 1 aliphatic heterocycles. The van der Waals surface area contributed by atoms with Crippen LogP contribution in [0, 0.1) is 5.92 Å². The molecule has 0 radical (unpaired) electrons. The predicted octanol–water partition coefficient (Wildman–Crippen LogP) is 2.65. The molecule has 2 rings (SSSR count). The molecule has 4 nitrogen and oxygen atoms in total. The van der Waals surface area contributed by atoms with Crippen LogP contribution in [-0.4, -0.2) is 35.0 Å². The number of rotatable bonds is 3. The van der Waals surface area contributed by atoms with Gasteiger partial charge >= 0.3 is 5.97 Å². The van der Waals surface area contributed by atoms with E-state index in [0.717, 1.165) is 4.47 Å². The van der Waals surface area contributed by atoms with Gasteiger partial charge in [0.1, 0.15) is 0 Å². The summed E-state index contributed by atoms with van der Waals surface area (Å²) >= 11 is 9.27. The summed E-state index contributed by atoms with van der Waals surface area (Å²) in [5.74, 6) is -0.913. The molecule has 0 aliphatic carbocycles. The van der Waals surface area contributed by atoms with Gasteiger partial charge in [0, 0.05) is 23.5 Å². The maximum absolute atomic E-state index is 12.1. The highest BCUT2D eigenvalue weighted by molar-refractivity contribution is 9.10. The molecular weight excluding hydrogens is 321 g/mol. The summed E-state index contributed by atoms with van der Waals surface area (Å²) in [6.07, 6.45) is 0.109. The van der Waals surface area contributed by atoms with E-state index in [1.54, 1.807) is 23.1 Å². The van der Waals surface area contributed by atoms with E-state index < -0.39 is 5.97 Å². The zero-order valence-corrected chi connectivity index (χ0v) is 11.7. The fourth-order valence-corrected chi connectivity index (χ4v) is 2.70. The number of halogens is 2. The Hall–Kier alpha value is -1.07. The highest BCUT2D eigenvalue weighted by Crippen LogP contribution is 2.26. The second-order valence-corrected chi connectivity index (χ2v) is 5.62. The molecule has 0 aromatic heterocycles. The Morgan fingerprint density at radius 3 is 2.67 bits per heavy atom. The van der Waals surface area contributed by atoms with Crippen molar-refractivity contribution in [3.05, 3.63) is 33.3 Å². The molecule has 6 heteroatoms. The van der Waals surface area contributed by atoms with Crippen LogP contribution < -0.4 is 0 Å². The summed E-state index contributed by atoms with van der Waals surface area (Å²) in [6.45, 7) is 0.967. The van der Waals surface area contributed by atoms with Gasteiger partial charge in [-0.05, 0) is 18.2 Å². The third-order valence-corrected chi connectivity index (χ3v) is 3.68. The number of carboxylic acid groups (broad SMARTS) is 1. The molecule has 0 saturated carbocycles. The van der Waals surface area contributed by atoms with Gasteiger partial charge in [-0.2, -0.15) is 0 Å². The van der Waals surface area contributed by atoms with Crippen molar-refractivity contribution in [2.75, 3.05) is 13.1 Å². The zero-order chi connectivity index (χ0) is 13.3. The van der Waals surface area contributed by atoms with Crippen molar-refractivity contribution < 1.29 is 14.7 Å². The number of benzene rings is 1. The molecule has 1 aromatic carbocycles. The number of carbonyl (C=O) groups excluding carboxylic acids is 1. The molecule has 1 aliphatic rings. The zero-order valence-electron chi connectivity index (χ0n) is 9.40. The van der Waals surface area contributed by atoms with Crippen molar-refractivity contribution >= 4 is 39.4 Å². The number of nitrogens with zero attached hydrogens (tertiary/aromatic N) is 1. The van der Waals surface area contributed by atoms with Crippen LogP contribution in [-0.2, 0) is 4.79 Å². The molecule has 1 heterocycles. The van der Waals surface area contributed by atoms with E-state index in [2.05, 4.69) is 15.9 Å². The molecule has 0 unspecified atom stereocenters. The van der Waals surface area contributed by atoms with Crippen LogP contribution in [0.25, 0.3) is 0 Å². The Labute approximate surface area is 118 Å². The van der Waals surface area contributed by atoms with Crippen LogP contribution >= 0.6 is 27.5 Å². The van der Waals surface area contributed by atoms with Gasteiger partial charge in [0.25, 0.3) is 5.91 Å². The molecule has 18 heavy (non-hydrogen) atoms. The maximum atomic E-state index is 12.1. The van der Waals surface area contributed by atoms with E-state index in [-0.39, 0.29) is 18.2 Å². The quantitative estimate of drug-likeness (QED) is 0.926. The van der Waals surface area contributed by atoms with Crippen molar-refractivity contribution in [3.8, 4) is 0 Å². The molecule has 96 valence electrons. The summed E-state index contributed by atoms with van der Waals surface area (Å²) in [5.41, 5.74) is 0.452. The van der Waals surface area contributed by atoms with E-state index in [1.807, 2.05) is 0 Å². The first kappa shape index (κ1) is 13.4. The van der Waals surface area contributed by atoms with Crippen molar-refractivity contribution in [2.24, 2.45) is 5.92 Å². The van der Waals surface area contributed by atoms with Gasteiger partial charge in [-0.3, -0.25) is 9.59 Å². The molecule has 0 atom stereocenters. The lowest BCUT2D eigenvalue weighted by molar-refractivity contribution is -0.139. The lowest BCUT2D eigenvalue weighted by Gasteiger charge is -2.38. The molecule has 1 amide bonds. The lowest BCUT2D eigenvalue weighted by atomic mass is 9.95. The van der Waals surface area contributed by atoms with Crippen LogP contribution in [0.2, 0.25) is 5.02 Å². The number of hydrogen-bond acceptors (Lipinski definition) is 2. The minimum Gasteiger partial charge on any atom is -0.481 e. The fraction of sp³-hybridized carbons (Fsp3) is 0.333. The monoisotopic (exact) mass is 331 g/mol. The SMILES string of the molecule is O=C(O)CC1CN(C(=O)c2ccc(Br)cc2Cl)C1. The summed E-state index contributed by atoms with van der Waals surface area (Å²) in [5, 5.41) is 9.03. The lowest BCUT2D eigenvalue weighted by Crippen LogP contribution is -2.50. The Balaban J connectivity index is 1.99. The summed E-state index contributed by atoms with van der Waals surface area (Å²) in [4.78, 5) is 24.2. The van der Waals surface area contributed by atoms with Crippen LogP contribution in [0.15, 0.2) is 22.7 Å². The fourth-order valence-electron chi connectivity index (χ4n) is 1.95. The second-order valence-electron chi connectivity index (χ2n) is 4.30. The highest BCUT2D eigenvalue weighted by atomic mass is 79.9. The van der Waals surface area contributed by atoms with Crippen LogP contribution in [0.4, 0.5) is 0 Å². The van der Waals surface area contributed by atoms with Crippen molar-refractivity contribution in [3.63, 3.8) is 0 Å². The largest absolute Gasteiger partial charge is 0.481 e. The van der Waals surface area contributed by atoms with Gasteiger partial charge in [-0.1, -0.05) is 27.5 Å². The normalized spacial score (nSPS) is 15.3. The first-order valence-electron chi connectivity index (χ1n) is 5.43. The number of carbonyl (C=O) groups is 2. The summed E-state index contributed by atoms with van der Waals surface area (Å²) in [6, 6.07) is 5.09. The summed E-state index contributed by atoms with van der Waals surface area (Å²) in [7, 11) is 0. The minimum absolute atomic E-state index is 0.0562. The molecule has 1 fully saturated rings. The van der Waals surface area contributed by atoms with Crippen molar-refractivity contribution in [1.82, 2.24) is 4.90 Å².